The van der Waals surface area contributed by atoms with Gasteiger partial charge in [0.2, 0.25) is 0 Å². The van der Waals surface area contributed by atoms with Crippen molar-refractivity contribution >= 4 is 10.9 Å². The lowest BCUT2D eigenvalue weighted by molar-refractivity contribution is -0.662. The largest absolute Gasteiger partial charge is 0.287 e. The maximum Gasteiger partial charge on any atom is 0.287 e. The van der Waals surface area contributed by atoms with Crippen molar-refractivity contribution in [3.63, 3.8) is 0 Å². The third kappa shape index (κ3) is 3.82. The van der Waals surface area contributed by atoms with Crippen LogP contribution in [-0.4, -0.2) is 15.0 Å². The summed E-state index contributed by atoms with van der Waals surface area (Å²) in [5, 5.41) is 1.14. The van der Waals surface area contributed by atoms with Gasteiger partial charge in [0.05, 0.1) is 12.4 Å². The van der Waals surface area contributed by atoms with Crippen LogP contribution in [0.25, 0.3) is 33.3 Å². The van der Waals surface area contributed by atoms with Gasteiger partial charge in [0.25, 0.3) is 6.33 Å². The first-order chi connectivity index (χ1) is 14.3. The topological polar surface area (TPSA) is 42.6 Å². The zero-order chi connectivity index (χ0) is 21.4. The second kappa shape index (κ2) is 7.94. The van der Waals surface area contributed by atoms with E-state index in [1.807, 2.05) is 18.7 Å². The van der Waals surface area contributed by atoms with E-state index in [1.165, 1.54) is 27.9 Å². The first kappa shape index (κ1) is 20.1. The monoisotopic (exact) mass is 397 g/mol. The zero-order valence-corrected chi connectivity index (χ0v) is 18.7. The fraction of sp³-hybridized carbons (Fsp3) is 0.308. The Morgan fingerprint density at radius 3 is 2.33 bits per heavy atom. The van der Waals surface area contributed by atoms with Crippen LogP contribution in [0.15, 0.2) is 49.1 Å². The zero-order valence-electron chi connectivity index (χ0n) is 18.7. The van der Waals surface area contributed by atoms with Crippen LogP contribution in [0.4, 0.5) is 0 Å². The van der Waals surface area contributed by atoms with Gasteiger partial charge in [-0.2, -0.15) is 0 Å². The molecule has 0 fully saturated rings. The molecule has 2 heterocycles. The summed E-state index contributed by atoms with van der Waals surface area (Å²) in [5.74, 6) is 1.44. The third-order valence-corrected chi connectivity index (χ3v) is 5.67. The summed E-state index contributed by atoms with van der Waals surface area (Å²) in [7, 11) is 2.06. The van der Waals surface area contributed by atoms with Gasteiger partial charge in [0, 0.05) is 29.9 Å². The Hall–Kier alpha value is -3.14. The van der Waals surface area contributed by atoms with Crippen LogP contribution in [0.5, 0.6) is 0 Å². The van der Waals surface area contributed by atoms with Crippen molar-refractivity contribution in [3.05, 3.63) is 71.6 Å². The van der Waals surface area contributed by atoms with E-state index >= 15 is 0 Å². The molecule has 2 aromatic heterocycles. The highest BCUT2D eigenvalue weighted by molar-refractivity contribution is 5.94. The van der Waals surface area contributed by atoms with E-state index in [-0.39, 0.29) is 0 Å². The predicted octanol–water partition coefficient (Wildman–Crippen LogP) is 5.31. The van der Waals surface area contributed by atoms with Gasteiger partial charge in [-0.25, -0.2) is 14.5 Å². The number of aromatic nitrogens is 4. The highest BCUT2D eigenvalue weighted by Crippen LogP contribution is 2.32. The molecule has 0 N–H and O–H groups in total. The SMILES string of the molecule is Cc1cc(C)c(C)c(-c2c3cc(-c4cnc(CC(C)C)nc4)ccc3nc[n+]2C)c1. The molecule has 30 heavy (non-hydrogen) atoms. The fourth-order valence-corrected chi connectivity index (χ4v) is 4.01. The fourth-order valence-electron chi connectivity index (χ4n) is 4.01. The van der Waals surface area contributed by atoms with Gasteiger partial charge < -0.3 is 0 Å². The van der Waals surface area contributed by atoms with Crippen LogP contribution in [-0.2, 0) is 13.5 Å². The molecule has 0 radical (unpaired) electrons. The molecule has 0 amide bonds. The Bertz CT molecular complexity index is 1220. The minimum absolute atomic E-state index is 0.547. The average Bonchev–Trinajstić information content (AvgIpc) is 2.71. The summed E-state index contributed by atoms with van der Waals surface area (Å²) in [4.78, 5) is 13.8. The summed E-state index contributed by atoms with van der Waals surface area (Å²) in [6.07, 6.45) is 6.67. The van der Waals surface area contributed by atoms with Crippen molar-refractivity contribution in [3.8, 4) is 22.4 Å². The Morgan fingerprint density at radius 1 is 0.900 bits per heavy atom. The molecule has 2 aromatic carbocycles. The molecule has 0 spiro atoms. The Morgan fingerprint density at radius 2 is 1.63 bits per heavy atom. The van der Waals surface area contributed by atoms with Gasteiger partial charge in [0.1, 0.15) is 11.5 Å². The minimum Gasteiger partial charge on any atom is -0.241 e. The van der Waals surface area contributed by atoms with E-state index in [2.05, 4.69) is 91.5 Å². The molecule has 4 aromatic rings. The van der Waals surface area contributed by atoms with Crippen molar-refractivity contribution in [2.75, 3.05) is 0 Å². The molecule has 4 nitrogen and oxygen atoms in total. The Balaban J connectivity index is 1.88. The summed E-state index contributed by atoms with van der Waals surface area (Å²) >= 11 is 0. The van der Waals surface area contributed by atoms with Crippen LogP contribution in [0.3, 0.4) is 0 Å². The molecule has 0 aliphatic carbocycles. The molecule has 152 valence electrons. The molecule has 0 bridgehead atoms. The first-order valence-corrected chi connectivity index (χ1v) is 10.5. The summed E-state index contributed by atoms with van der Waals surface area (Å²) in [6.45, 7) is 10.9. The molecule has 0 aliphatic heterocycles. The van der Waals surface area contributed by atoms with Crippen molar-refractivity contribution in [2.45, 2.75) is 41.0 Å². The molecule has 4 heteroatoms. The van der Waals surface area contributed by atoms with Crippen LogP contribution in [0.2, 0.25) is 0 Å². The smallest absolute Gasteiger partial charge is 0.241 e. The van der Waals surface area contributed by atoms with Crippen LogP contribution >= 0.6 is 0 Å². The number of benzene rings is 2. The van der Waals surface area contributed by atoms with E-state index in [1.54, 1.807) is 0 Å². The quantitative estimate of drug-likeness (QED) is 0.439. The number of nitrogens with zero attached hydrogens (tertiary/aromatic N) is 4. The van der Waals surface area contributed by atoms with Crippen molar-refractivity contribution in [1.82, 2.24) is 15.0 Å². The summed E-state index contributed by atoms with van der Waals surface area (Å²) in [6, 6.07) is 10.9. The van der Waals surface area contributed by atoms with Gasteiger partial charge in [-0.05, 0) is 72.6 Å². The highest BCUT2D eigenvalue weighted by atomic mass is 15.0. The standard InChI is InChI=1S/C26H29N4/c1-16(2)9-25-27-13-21(14-28-25)20-7-8-24-23(12-20)26(30(6)15-29-24)22-11-17(3)10-18(4)19(22)5/h7-8,10-16H,9H2,1-6H3/q+1. The molecule has 0 atom stereocenters. The van der Waals surface area contributed by atoms with Crippen LogP contribution < -0.4 is 4.57 Å². The number of fused-ring (bicyclic) bond motifs is 1. The van der Waals surface area contributed by atoms with E-state index in [0.717, 1.165) is 34.3 Å². The van der Waals surface area contributed by atoms with Crippen molar-refractivity contribution < 1.29 is 4.57 Å². The van der Waals surface area contributed by atoms with Gasteiger partial charge >= 0.3 is 0 Å². The predicted molar refractivity (Wildman–Crippen MR) is 122 cm³/mol. The minimum atomic E-state index is 0.547. The molecule has 0 aliphatic rings. The molecule has 0 saturated carbocycles. The lowest BCUT2D eigenvalue weighted by Crippen LogP contribution is -2.32. The van der Waals surface area contributed by atoms with Gasteiger partial charge in [-0.15, -0.1) is 0 Å². The second-order valence-electron chi connectivity index (χ2n) is 8.68. The number of hydrogen-bond donors (Lipinski definition) is 0. The Labute approximate surface area is 178 Å². The first-order valence-electron chi connectivity index (χ1n) is 10.5. The van der Waals surface area contributed by atoms with Crippen molar-refractivity contribution in [2.24, 2.45) is 13.0 Å². The molecular formula is C26H29N4+. The summed E-state index contributed by atoms with van der Waals surface area (Å²) < 4.78 is 2.12. The van der Waals surface area contributed by atoms with E-state index in [4.69, 9.17) is 0 Å². The molecule has 4 rings (SSSR count). The molecule has 0 unspecified atom stereocenters. The van der Waals surface area contributed by atoms with E-state index < -0.39 is 0 Å². The number of aryl methyl sites for hydroxylation is 3. The van der Waals surface area contributed by atoms with Gasteiger partial charge in [0.15, 0.2) is 5.52 Å². The summed E-state index contributed by atoms with van der Waals surface area (Å²) in [5.41, 5.74) is 9.43. The maximum absolute atomic E-state index is 4.65. The second-order valence-corrected chi connectivity index (χ2v) is 8.68. The van der Waals surface area contributed by atoms with Gasteiger partial charge in [-0.3, -0.25) is 0 Å². The van der Waals surface area contributed by atoms with E-state index in [9.17, 15) is 0 Å². The average molecular weight is 398 g/mol. The highest BCUT2D eigenvalue weighted by Gasteiger charge is 2.18. The van der Waals surface area contributed by atoms with Crippen molar-refractivity contribution in [1.29, 1.82) is 0 Å². The third-order valence-electron chi connectivity index (χ3n) is 5.67. The molecular weight excluding hydrogens is 368 g/mol. The number of hydrogen-bond acceptors (Lipinski definition) is 3. The lowest BCUT2D eigenvalue weighted by atomic mass is 9.94. The normalized spacial score (nSPS) is 11.4. The van der Waals surface area contributed by atoms with Crippen LogP contribution in [0, 0.1) is 26.7 Å². The van der Waals surface area contributed by atoms with Crippen LogP contribution in [0.1, 0.15) is 36.4 Å². The maximum atomic E-state index is 4.65. The van der Waals surface area contributed by atoms with Gasteiger partial charge in [-0.1, -0.05) is 25.5 Å². The Kier molecular flexibility index (Phi) is 5.33. The molecule has 0 saturated heterocycles. The number of rotatable bonds is 4. The lowest BCUT2D eigenvalue weighted by Gasteiger charge is -2.13. The van der Waals surface area contributed by atoms with E-state index in [0.29, 0.717) is 5.92 Å².